The summed E-state index contributed by atoms with van der Waals surface area (Å²) in [7, 11) is -4.02. The van der Waals surface area contributed by atoms with Gasteiger partial charge in [0.1, 0.15) is 11.4 Å². The number of rotatable bonds is 11. The summed E-state index contributed by atoms with van der Waals surface area (Å²) in [5.74, 6) is 0.209. The highest BCUT2D eigenvalue weighted by Gasteiger charge is 2.23. The van der Waals surface area contributed by atoms with Crippen molar-refractivity contribution >= 4 is 27.0 Å². The topological polar surface area (TPSA) is 111 Å². The number of fused-ring (bicyclic) bond motifs is 1. The lowest BCUT2D eigenvalue weighted by Crippen LogP contribution is -2.25. The maximum atomic E-state index is 12.9. The quantitative estimate of drug-likeness (QED) is 0.281. The van der Waals surface area contributed by atoms with Gasteiger partial charge < -0.3 is 14.4 Å². The molecule has 198 valence electrons. The molecule has 0 spiro atoms. The molecule has 1 aliphatic carbocycles. The number of nitrogens with one attached hydrogen (secondary N) is 1. The lowest BCUT2D eigenvalue weighted by Gasteiger charge is -2.27. The Morgan fingerprint density at radius 1 is 1.11 bits per heavy atom. The van der Waals surface area contributed by atoms with Crippen LogP contribution >= 0.6 is 0 Å². The molecule has 0 atom stereocenters. The summed E-state index contributed by atoms with van der Waals surface area (Å²) in [5.41, 5.74) is 3.66. The van der Waals surface area contributed by atoms with Gasteiger partial charge in [-0.25, -0.2) is 22.9 Å². The van der Waals surface area contributed by atoms with Crippen LogP contribution < -0.4 is 9.46 Å². The Labute approximate surface area is 222 Å². The third kappa shape index (κ3) is 5.58. The lowest BCUT2D eigenvalue weighted by atomic mass is 9.85. The average molecular weight is 534 g/mol. The Kier molecular flexibility index (Phi) is 7.49. The molecule has 38 heavy (non-hydrogen) atoms. The molecule has 0 unspecified atom stereocenters. The molecule has 2 aromatic carbocycles. The van der Waals surface area contributed by atoms with E-state index in [1.54, 1.807) is 6.20 Å². The van der Waals surface area contributed by atoms with Crippen LogP contribution in [0.25, 0.3) is 11.0 Å². The number of nitrogens with zero attached hydrogens (tertiary/aromatic N) is 2. The van der Waals surface area contributed by atoms with Crippen LogP contribution in [-0.4, -0.2) is 35.7 Å². The molecule has 0 saturated heterocycles. The van der Waals surface area contributed by atoms with Gasteiger partial charge in [0.15, 0.2) is 0 Å². The van der Waals surface area contributed by atoms with E-state index in [-0.39, 0.29) is 17.0 Å². The number of sulfonamides is 1. The second-order valence-electron chi connectivity index (χ2n) is 9.68. The normalized spacial score (nSPS) is 13.9. The van der Waals surface area contributed by atoms with E-state index < -0.39 is 16.0 Å². The number of carboxylic acids is 1. The van der Waals surface area contributed by atoms with Gasteiger partial charge in [-0.15, -0.1) is 0 Å². The Bertz CT molecular complexity index is 1560. The van der Waals surface area contributed by atoms with Gasteiger partial charge in [-0.3, -0.25) is 0 Å². The Balaban J connectivity index is 1.40. The third-order valence-corrected chi connectivity index (χ3v) is 8.49. The van der Waals surface area contributed by atoms with Gasteiger partial charge in [0.2, 0.25) is 10.0 Å². The van der Waals surface area contributed by atoms with Crippen LogP contribution in [0.1, 0.15) is 53.4 Å². The average Bonchev–Trinajstić information content (AvgIpc) is 3.22. The molecule has 2 aromatic heterocycles. The Morgan fingerprint density at radius 2 is 1.87 bits per heavy atom. The highest BCUT2D eigenvalue weighted by molar-refractivity contribution is 7.89. The molecule has 2 N–H and O–H groups in total. The fourth-order valence-electron chi connectivity index (χ4n) is 4.84. The monoisotopic (exact) mass is 533 g/mol. The molecule has 1 saturated carbocycles. The zero-order valence-electron chi connectivity index (χ0n) is 21.3. The first kappa shape index (κ1) is 25.9. The number of carbonyl (C=O) groups is 1. The lowest BCUT2D eigenvalue weighted by molar-refractivity contribution is 0.0692. The first-order valence-corrected chi connectivity index (χ1v) is 14.3. The molecule has 5 rings (SSSR count). The number of hydrogen-bond donors (Lipinski definition) is 2. The maximum absolute atomic E-state index is 12.9. The van der Waals surface area contributed by atoms with Crippen molar-refractivity contribution in [1.82, 2.24) is 14.3 Å². The SMILES string of the molecule is CCOc1ccc(Cc2cc3cc(CNS(=O)(=O)c4ccccc4C(=O)O)cnc3n2CC2CCC2)cc1. The van der Waals surface area contributed by atoms with Gasteiger partial charge >= 0.3 is 5.97 Å². The molecule has 0 radical (unpaired) electrons. The minimum atomic E-state index is -4.02. The fourth-order valence-corrected chi connectivity index (χ4v) is 6.05. The molecule has 2 heterocycles. The molecule has 8 nitrogen and oxygen atoms in total. The van der Waals surface area contributed by atoms with Crippen molar-refractivity contribution in [3.63, 3.8) is 0 Å². The van der Waals surface area contributed by atoms with Crippen molar-refractivity contribution < 1.29 is 23.1 Å². The predicted molar refractivity (Wildman–Crippen MR) is 145 cm³/mol. The molecule has 0 bridgehead atoms. The number of aromatic nitrogens is 2. The van der Waals surface area contributed by atoms with Crippen LogP contribution in [0.3, 0.4) is 0 Å². The Morgan fingerprint density at radius 3 is 2.55 bits per heavy atom. The van der Waals surface area contributed by atoms with E-state index in [1.807, 2.05) is 25.1 Å². The first-order chi connectivity index (χ1) is 18.3. The molecule has 0 aliphatic heterocycles. The third-order valence-electron chi connectivity index (χ3n) is 7.03. The number of ether oxygens (including phenoxy) is 1. The van der Waals surface area contributed by atoms with Crippen LogP contribution in [-0.2, 0) is 29.5 Å². The fraction of sp³-hybridized carbons (Fsp3) is 0.310. The van der Waals surface area contributed by atoms with Gasteiger partial charge in [0.05, 0.1) is 17.1 Å². The Hall–Kier alpha value is -3.69. The van der Waals surface area contributed by atoms with E-state index in [1.165, 1.54) is 49.1 Å². The molecule has 9 heteroatoms. The largest absolute Gasteiger partial charge is 0.494 e. The second kappa shape index (κ2) is 11.0. The standard InChI is InChI=1S/C29H31N3O5S/c1-2-37-25-12-10-20(11-13-25)15-24-16-23-14-22(17-30-28(23)32(24)19-21-6-5-7-21)18-31-38(35,36)27-9-4-3-8-26(27)29(33)34/h3-4,8-14,16-17,21,31H,2,5-7,15,18-19H2,1H3,(H,33,34). The number of pyridine rings is 1. The molecular formula is C29H31N3O5S. The van der Waals surface area contributed by atoms with Crippen LogP contribution in [0.2, 0.25) is 0 Å². The second-order valence-corrected chi connectivity index (χ2v) is 11.4. The van der Waals surface area contributed by atoms with Crippen molar-refractivity contribution in [3.05, 3.63) is 89.2 Å². The van der Waals surface area contributed by atoms with Gasteiger partial charge in [-0.05, 0) is 73.2 Å². The highest BCUT2D eigenvalue weighted by Crippen LogP contribution is 2.31. The highest BCUT2D eigenvalue weighted by atomic mass is 32.2. The summed E-state index contributed by atoms with van der Waals surface area (Å²) in [5, 5.41) is 10.3. The van der Waals surface area contributed by atoms with E-state index in [0.717, 1.165) is 35.4 Å². The van der Waals surface area contributed by atoms with Gasteiger partial charge in [-0.2, -0.15) is 0 Å². The van der Waals surface area contributed by atoms with Crippen LogP contribution in [0.4, 0.5) is 0 Å². The van der Waals surface area contributed by atoms with Crippen molar-refractivity contribution in [3.8, 4) is 5.75 Å². The minimum absolute atomic E-state index is 0.00125. The number of hydrogen-bond acceptors (Lipinski definition) is 5. The van der Waals surface area contributed by atoms with E-state index in [9.17, 15) is 18.3 Å². The van der Waals surface area contributed by atoms with Crippen LogP contribution in [0, 0.1) is 5.92 Å². The maximum Gasteiger partial charge on any atom is 0.337 e. The van der Waals surface area contributed by atoms with Gasteiger partial charge in [0, 0.05) is 36.8 Å². The zero-order valence-corrected chi connectivity index (χ0v) is 22.1. The summed E-state index contributed by atoms with van der Waals surface area (Å²) in [4.78, 5) is 16.0. The van der Waals surface area contributed by atoms with E-state index in [0.29, 0.717) is 18.1 Å². The van der Waals surface area contributed by atoms with E-state index in [2.05, 4.69) is 27.5 Å². The first-order valence-electron chi connectivity index (χ1n) is 12.8. The molecule has 4 aromatic rings. The predicted octanol–water partition coefficient (Wildman–Crippen LogP) is 5.00. The number of carboxylic acid groups (broad SMARTS) is 1. The van der Waals surface area contributed by atoms with E-state index in [4.69, 9.17) is 9.72 Å². The van der Waals surface area contributed by atoms with Crippen LogP contribution in [0.5, 0.6) is 5.75 Å². The van der Waals surface area contributed by atoms with E-state index >= 15 is 0 Å². The van der Waals surface area contributed by atoms with Crippen molar-refractivity contribution in [2.24, 2.45) is 5.92 Å². The zero-order chi connectivity index (χ0) is 26.7. The molecule has 1 aliphatic rings. The molecule has 1 fully saturated rings. The van der Waals surface area contributed by atoms with Crippen molar-refractivity contribution in [1.29, 1.82) is 0 Å². The van der Waals surface area contributed by atoms with Gasteiger partial charge in [0.25, 0.3) is 0 Å². The van der Waals surface area contributed by atoms with Crippen molar-refractivity contribution in [2.75, 3.05) is 6.61 Å². The summed E-state index contributed by atoms with van der Waals surface area (Å²) < 4.78 is 36.1. The summed E-state index contributed by atoms with van der Waals surface area (Å²) in [6.07, 6.45) is 6.15. The van der Waals surface area contributed by atoms with Gasteiger partial charge in [-0.1, -0.05) is 30.7 Å². The molecular weight excluding hydrogens is 502 g/mol. The smallest absolute Gasteiger partial charge is 0.337 e. The number of aromatic carboxylic acids is 1. The summed E-state index contributed by atoms with van der Waals surface area (Å²) in [6.45, 7) is 3.52. The minimum Gasteiger partial charge on any atom is -0.494 e. The van der Waals surface area contributed by atoms with Crippen LogP contribution in [0.15, 0.2) is 71.8 Å². The summed E-state index contributed by atoms with van der Waals surface area (Å²) in [6, 6.07) is 17.8. The van der Waals surface area contributed by atoms with Crippen molar-refractivity contribution in [2.45, 2.75) is 50.6 Å². The summed E-state index contributed by atoms with van der Waals surface area (Å²) >= 11 is 0. The number of benzene rings is 2. The molecule has 0 amide bonds.